The van der Waals surface area contributed by atoms with Crippen LogP contribution in [0.1, 0.15) is 45.4 Å². The first kappa shape index (κ1) is 14.8. The van der Waals surface area contributed by atoms with E-state index >= 15 is 0 Å². The van der Waals surface area contributed by atoms with Crippen LogP contribution in [0.25, 0.3) is 0 Å². The smallest absolute Gasteiger partial charge is 0.231 e. The lowest BCUT2D eigenvalue weighted by Crippen LogP contribution is -2.44. The Balaban J connectivity index is 1.47. The van der Waals surface area contributed by atoms with Gasteiger partial charge in [0, 0.05) is 31.7 Å². The van der Waals surface area contributed by atoms with Crippen molar-refractivity contribution in [3.8, 4) is 0 Å². The van der Waals surface area contributed by atoms with Crippen molar-refractivity contribution < 1.29 is 14.3 Å². The molecule has 0 spiro atoms. The van der Waals surface area contributed by atoms with Crippen LogP contribution < -0.4 is 5.32 Å². The van der Waals surface area contributed by atoms with E-state index in [2.05, 4.69) is 5.32 Å². The highest BCUT2D eigenvalue weighted by Crippen LogP contribution is 2.47. The molecule has 1 aliphatic heterocycles. The van der Waals surface area contributed by atoms with Gasteiger partial charge in [-0.25, -0.2) is 0 Å². The highest BCUT2D eigenvalue weighted by atomic mass is 16.5. The van der Waals surface area contributed by atoms with E-state index in [1.165, 1.54) is 6.42 Å². The van der Waals surface area contributed by atoms with E-state index in [0.717, 1.165) is 38.6 Å². The zero-order chi connectivity index (χ0) is 14.9. The number of carbonyl (C=O) groups excluding carboxylic acids is 2. The Kier molecular flexibility index (Phi) is 4.20. The van der Waals surface area contributed by atoms with E-state index in [9.17, 15) is 9.59 Å². The predicted molar refractivity (Wildman–Crippen MR) is 78.6 cm³/mol. The fraction of sp³-hybridized carbons (Fsp3) is 0.875. The summed E-state index contributed by atoms with van der Waals surface area (Å²) >= 11 is 0. The summed E-state index contributed by atoms with van der Waals surface area (Å²) in [6, 6.07) is 0.143. The van der Waals surface area contributed by atoms with Crippen LogP contribution in [0.2, 0.25) is 0 Å². The van der Waals surface area contributed by atoms with Crippen molar-refractivity contribution >= 4 is 11.8 Å². The third-order valence-corrected chi connectivity index (χ3v) is 5.19. The molecule has 0 aromatic carbocycles. The van der Waals surface area contributed by atoms with Crippen LogP contribution in [0.15, 0.2) is 0 Å². The fourth-order valence-corrected chi connectivity index (χ4v) is 3.26. The molecule has 21 heavy (non-hydrogen) atoms. The van der Waals surface area contributed by atoms with Gasteiger partial charge in [-0.05, 0) is 39.0 Å². The minimum atomic E-state index is -0.247. The number of carbonyl (C=O) groups is 2. The first-order chi connectivity index (χ1) is 10.1. The molecule has 5 heteroatoms. The Bertz CT molecular complexity index is 416. The van der Waals surface area contributed by atoms with Crippen LogP contribution in [0.4, 0.5) is 0 Å². The van der Waals surface area contributed by atoms with Crippen LogP contribution in [0.3, 0.4) is 0 Å². The van der Waals surface area contributed by atoms with E-state index in [0.29, 0.717) is 19.8 Å². The maximum absolute atomic E-state index is 12.6. The van der Waals surface area contributed by atoms with Gasteiger partial charge in [-0.2, -0.15) is 0 Å². The minimum Gasteiger partial charge on any atom is -0.381 e. The van der Waals surface area contributed by atoms with Crippen molar-refractivity contribution in [2.24, 2.45) is 11.3 Å². The standard InChI is InChI=1S/C16H26N2O3/c1-2-21-11-16(7-8-16)15(20)18-9-6-13(10-18)17-14(19)12-4-3-5-12/h12-13H,2-11H2,1H3,(H,17,19). The van der Waals surface area contributed by atoms with Crippen molar-refractivity contribution in [1.82, 2.24) is 10.2 Å². The Morgan fingerprint density at radius 3 is 2.62 bits per heavy atom. The van der Waals surface area contributed by atoms with Gasteiger partial charge >= 0.3 is 0 Å². The molecule has 2 aliphatic carbocycles. The molecular weight excluding hydrogens is 268 g/mol. The van der Waals surface area contributed by atoms with Crippen LogP contribution in [-0.4, -0.2) is 49.1 Å². The number of nitrogens with zero attached hydrogens (tertiary/aromatic N) is 1. The monoisotopic (exact) mass is 294 g/mol. The first-order valence-electron chi connectivity index (χ1n) is 8.32. The lowest BCUT2D eigenvalue weighted by molar-refractivity contribution is -0.138. The van der Waals surface area contributed by atoms with E-state index in [1.54, 1.807) is 0 Å². The van der Waals surface area contributed by atoms with E-state index in [-0.39, 0.29) is 29.2 Å². The lowest BCUT2D eigenvalue weighted by atomic mass is 9.84. The van der Waals surface area contributed by atoms with Gasteiger partial charge in [0.05, 0.1) is 12.0 Å². The second-order valence-electron chi connectivity index (χ2n) is 6.79. The summed E-state index contributed by atoms with van der Waals surface area (Å²) in [6.45, 7) is 4.61. The Morgan fingerprint density at radius 2 is 2.05 bits per heavy atom. The van der Waals surface area contributed by atoms with Gasteiger partial charge in [-0.1, -0.05) is 6.42 Å². The number of ether oxygens (including phenoxy) is 1. The Morgan fingerprint density at radius 1 is 1.29 bits per heavy atom. The zero-order valence-corrected chi connectivity index (χ0v) is 12.9. The molecule has 0 aromatic heterocycles. The van der Waals surface area contributed by atoms with E-state index < -0.39 is 0 Å². The SMILES string of the molecule is CCOCC1(C(=O)N2CCC(NC(=O)C3CCC3)C2)CC1. The number of amides is 2. The third kappa shape index (κ3) is 3.07. The Labute approximate surface area is 126 Å². The molecule has 3 rings (SSSR count). The van der Waals surface area contributed by atoms with E-state index in [1.807, 2.05) is 11.8 Å². The molecule has 2 saturated carbocycles. The molecule has 118 valence electrons. The number of rotatable bonds is 6. The van der Waals surface area contributed by atoms with Gasteiger partial charge in [0.25, 0.3) is 0 Å². The highest BCUT2D eigenvalue weighted by molar-refractivity contribution is 5.86. The topological polar surface area (TPSA) is 58.6 Å². The molecule has 1 atom stereocenters. The Hall–Kier alpha value is -1.10. The summed E-state index contributed by atoms with van der Waals surface area (Å²) in [7, 11) is 0. The summed E-state index contributed by atoms with van der Waals surface area (Å²) in [5.41, 5.74) is -0.247. The van der Waals surface area contributed by atoms with Crippen molar-refractivity contribution in [3.05, 3.63) is 0 Å². The van der Waals surface area contributed by atoms with Crippen molar-refractivity contribution in [2.75, 3.05) is 26.3 Å². The van der Waals surface area contributed by atoms with Crippen LogP contribution in [0.5, 0.6) is 0 Å². The molecule has 1 heterocycles. The molecule has 0 bridgehead atoms. The molecule has 1 N–H and O–H groups in total. The number of hydrogen-bond donors (Lipinski definition) is 1. The normalized spacial score (nSPS) is 27.3. The molecule has 1 unspecified atom stereocenters. The van der Waals surface area contributed by atoms with Gasteiger partial charge < -0.3 is 15.0 Å². The quantitative estimate of drug-likeness (QED) is 0.804. The third-order valence-electron chi connectivity index (χ3n) is 5.19. The maximum Gasteiger partial charge on any atom is 0.231 e. The van der Waals surface area contributed by atoms with Gasteiger partial charge in [-0.15, -0.1) is 0 Å². The summed E-state index contributed by atoms with van der Waals surface area (Å²) < 4.78 is 5.47. The summed E-state index contributed by atoms with van der Waals surface area (Å²) in [4.78, 5) is 26.5. The van der Waals surface area contributed by atoms with Crippen LogP contribution in [0, 0.1) is 11.3 Å². The summed E-state index contributed by atoms with van der Waals surface area (Å²) in [5, 5.41) is 3.12. The molecule has 5 nitrogen and oxygen atoms in total. The zero-order valence-electron chi connectivity index (χ0n) is 12.9. The summed E-state index contributed by atoms with van der Waals surface area (Å²) in [5.74, 6) is 0.648. The van der Waals surface area contributed by atoms with Gasteiger partial charge in [-0.3, -0.25) is 9.59 Å². The number of nitrogens with one attached hydrogen (secondary N) is 1. The van der Waals surface area contributed by atoms with Gasteiger partial charge in [0.1, 0.15) is 0 Å². The molecule has 3 fully saturated rings. The maximum atomic E-state index is 12.6. The van der Waals surface area contributed by atoms with Crippen molar-refractivity contribution in [3.63, 3.8) is 0 Å². The lowest BCUT2D eigenvalue weighted by Gasteiger charge is -2.26. The molecule has 3 aliphatic rings. The van der Waals surface area contributed by atoms with E-state index in [4.69, 9.17) is 4.74 Å². The predicted octanol–water partition coefficient (Wildman–Crippen LogP) is 1.32. The molecule has 0 aromatic rings. The van der Waals surface area contributed by atoms with Crippen molar-refractivity contribution in [1.29, 1.82) is 0 Å². The highest BCUT2D eigenvalue weighted by Gasteiger charge is 2.52. The molecular formula is C16H26N2O3. The van der Waals surface area contributed by atoms with Crippen LogP contribution in [-0.2, 0) is 14.3 Å². The average molecular weight is 294 g/mol. The number of hydrogen-bond acceptors (Lipinski definition) is 3. The second kappa shape index (κ2) is 5.95. The average Bonchev–Trinajstić information content (AvgIpc) is 3.06. The molecule has 1 saturated heterocycles. The first-order valence-corrected chi connectivity index (χ1v) is 8.32. The van der Waals surface area contributed by atoms with Gasteiger partial charge in [0.15, 0.2) is 0 Å². The minimum absolute atomic E-state index is 0.143. The second-order valence-corrected chi connectivity index (χ2v) is 6.79. The fourth-order valence-electron chi connectivity index (χ4n) is 3.26. The molecule has 0 radical (unpaired) electrons. The van der Waals surface area contributed by atoms with Gasteiger partial charge in [0.2, 0.25) is 11.8 Å². The molecule has 2 amide bonds. The number of likely N-dealkylation sites (tertiary alicyclic amines) is 1. The van der Waals surface area contributed by atoms with Crippen LogP contribution >= 0.6 is 0 Å². The summed E-state index contributed by atoms with van der Waals surface area (Å²) in [6.07, 6.45) is 6.00. The van der Waals surface area contributed by atoms with Crippen molar-refractivity contribution in [2.45, 2.75) is 51.5 Å². The largest absolute Gasteiger partial charge is 0.381 e.